The summed E-state index contributed by atoms with van der Waals surface area (Å²) >= 11 is 1.26. The van der Waals surface area contributed by atoms with Gasteiger partial charge in [-0.3, -0.25) is 4.79 Å². The number of nitrogens with one attached hydrogen (secondary N) is 1. The number of nitrogen functional groups attached to an aromatic ring is 1. The van der Waals surface area contributed by atoms with Crippen LogP contribution in [0.2, 0.25) is 0 Å². The molecule has 1 unspecified atom stereocenters. The Bertz CT molecular complexity index is 1000. The molecule has 8 heteroatoms. The molecular weight excluding hydrogens is 410 g/mol. The molecule has 0 bridgehead atoms. The van der Waals surface area contributed by atoms with E-state index in [1.165, 1.54) is 27.6 Å². The van der Waals surface area contributed by atoms with Crippen LogP contribution in [0.5, 0.6) is 5.75 Å². The predicted octanol–water partition coefficient (Wildman–Crippen LogP) is 3.80. The zero-order chi connectivity index (χ0) is 22.4. The Hall–Kier alpha value is -3.00. The van der Waals surface area contributed by atoms with Gasteiger partial charge in [-0.15, -0.1) is 10.2 Å². The van der Waals surface area contributed by atoms with E-state index in [4.69, 9.17) is 10.6 Å². The lowest BCUT2D eigenvalue weighted by Gasteiger charge is -2.12. The molecular formula is C23H29N5O2S. The van der Waals surface area contributed by atoms with Gasteiger partial charge >= 0.3 is 0 Å². The first kappa shape index (κ1) is 22.7. The number of nitrogens with two attached hydrogens (primary N) is 1. The second kappa shape index (κ2) is 10.3. The average molecular weight is 440 g/mol. The standard InChI is InChI=1S/C23H29N5O2S/c1-15(2)19-9-11-20(12-10-19)30-14-21-26-27-23(28(21)24)31-17(4)22(29)25-13-18-7-5-16(3)6-8-18/h5-12,15,17H,13-14,24H2,1-4H3,(H,25,29). The van der Waals surface area contributed by atoms with E-state index < -0.39 is 0 Å². The molecule has 7 nitrogen and oxygen atoms in total. The van der Waals surface area contributed by atoms with Gasteiger partial charge in [0, 0.05) is 6.54 Å². The van der Waals surface area contributed by atoms with Gasteiger partial charge in [0.25, 0.3) is 0 Å². The summed E-state index contributed by atoms with van der Waals surface area (Å²) in [7, 11) is 0. The molecule has 3 rings (SSSR count). The number of aryl methyl sites for hydroxylation is 1. The SMILES string of the molecule is Cc1ccc(CNC(=O)C(C)Sc2nnc(COc3ccc(C(C)C)cc3)n2N)cc1. The molecule has 164 valence electrons. The van der Waals surface area contributed by atoms with Crippen LogP contribution in [0.4, 0.5) is 0 Å². The van der Waals surface area contributed by atoms with Crippen molar-refractivity contribution in [1.82, 2.24) is 20.2 Å². The van der Waals surface area contributed by atoms with Gasteiger partial charge in [-0.25, -0.2) is 4.68 Å². The summed E-state index contributed by atoms with van der Waals surface area (Å²) in [6, 6.07) is 16.0. The Kier molecular flexibility index (Phi) is 7.57. The molecule has 0 aliphatic carbocycles. The molecule has 0 radical (unpaired) electrons. The Morgan fingerprint density at radius 1 is 1.10 bits per heavy atom. The molecule has 3 N–H and O–H groups in total. The lowest BCUT2D eigenvalue weighted by molar-refractivity contribution is -0.120. The van der Waals surface area contributed by atoms with Crippen LogP contribution in [-0.4, -0.2) is 26.0 Å². The van der Waals surface area contributed by atoms with E-state index in [-0.39, 0.29) is 17.8 Å². The second-order valence-electron chi connectivity index (χ2n) is 7.74. The molecule has 2 aromatic carbocycles. The highest BCUT2D eigenvalue weighted by atomic mass is 32.2. The highest BCUT2D eigenvalue weighted by molar-refractivity contribution is 8.00. The number of carbonyl (C=O) groups excluding carboxylic acids is 1. The van der Waals surface area contributed by atoms with E-state index in [0.29, 0.717) is 23.4 Å². The molecule has 1 amide bonds. The van der Waals surface area contributed by atoms with Crippen LogP contribution in [0.3, 0.4) is 0 Å². The lowest BCUT2D eigenvalue weighted by atomic mass is 10.0. The number of ether oxygens (including phenoxy) is 1. The van der Waals surface area contributed by atoms with Crippen molar-refractivity contribution < 1.29 is 9.53 Å². The summed E-state index contributed by atoms with van der Waals surface area (Å²) in [4.78, 5) is 12.4. The van der Waals surface area contributed by atoms with Crippen LogP contribution in [0.25, 0.3) is 0 Å². The highest BCUT2D eigenvalue weighted by Gasteiger charge is 2.19. The van der Waals surface area contributed by atoms with E-state index >= 15 is 0 Å². The number of hydrogen-bond donors (Lipinski definition) is 2. The first-order valence-electron chi connectivity index (χ1n) is 10.3. The maximum absolute atomic E-state index is 12.4. The van der Waals surface area contributed by atoms with Gasteiger partial charge in [0.1, 0.15) is 12.4 Å². The molecule has 3 aromatic rings. The summed E-state index contributed by atoms with van der Waals surface area (Å²) in [5.41, 5.74) is 3.50. The number of nitrogens with zero attached hydrogens (tertiary/aromatic N) is 3. The monoisotopic (exact) mass is 439 g/mol. The van der Waals surface area contributed by atoms with Crippen LogP contribution >= 0.6 is 11.8 Å². The van der Waals surface area contributed by atoms with Gasteiger partial charge in [-0.05, 0) is 43.0 Å². The fourth-order valence-corrected chi connectivity index (χ4v) is 3.65. The predicted molar refractivity (Wildman–Crippen MR) is 123 cm³/mol. The van der Waals surface area contributed by atoms with E-state index in [0.717, 1.165) is 11.3 Å². The lowest BCUT2D eigenvalue weighted by Crippen LogP contribution is -2.31. The van der Waals surface area contributed by atoms with Crippen molar-refractivity contribution in [2.24, 2.45) is 0 Å². The summed E-state index contributed by atoms with van der Waals surface area (Å²) in [5, 5.41) is 11.2. The van der Waals surface area contributed by atoms with Crippen molar-refractivity contribution in [2.45, 2.75) is 57.2 Å². The third kappa shape index (κ3) is 6.24. The first-order valence-corrected chi connectivity index (χ1v) is 11.1. The summed E-state index contributed by atoms with van der Waals surface area (Å²) in [6.07, 6.45) is 0. The molecule has 1 aromatic heterocycles. The maximum Gasteiger partial charge on any atom is 0.233 e. The minimum Gasteiger partial charge on any atom is -0.486 e. The van der Waals surface area contributed by atoms with Crippen molar-refractivity contribution in [1.29, 1.82) is 0 Å². The van der Waals surface area contributed by atoms with Crippen LogP contribution in [0, 0.1) is 6.92 Å². The zero-order valence-corrected chi connectivity index (χ0v) is 19.1. The molecule has 0 saturated heterocycles. The molecule has 0 fully saturated rings. The normalized spacial score (nSPS) is 12.0. The number of thioether (sulfide) groups is 1. The molecule has 0 aliphatic rings. The van der Waals surface area contributed by atoms with Crippen molar-refractivity contribution in [3.63, 3.8) is 0 Å². The van der Waals surface area contributed by atoms with Gasteiger partial charge < -0.3 is 15.9 Å². The van der Waals surface area contributed by atoms with Crippen LogP contribution < -0.4 is 15.9 Å². The van der Waals surface area contributed by atoms with Crippen LogP contribution in [-0.2, 0) is 17.9 Å². The third-order valence-corrected chi connectivity index (χ3v) is 5.95. The van der Waals surface area contributed by atoms with Crippen molar-refractivity contribution in [2.75, 3.05) is 5.84 Å². The number of benzene rings is 2. The number of amides is 1. The van der Waals surface area contributed by atoms with E-state index in [1.807, 2.05) is 62.4 Å². The smallest absolute Gasteiger partial charge is 0.233 e. The Labute approximate surface area is 187 Å². The molecule has 1 heterocycles. The molecule has 1 atom stereocenters. The minimum atomic E-state index is -0.366. The minimum absolute atomic E-state index is 0.0865. The number of rotatable bonds is 9. The van der Waals surface area contributed by atoms with Gasteiger partial charge in [0.05, 0.1) is 5.25 Å². The highest BCUT2D eigenvalue weighted by Crippen LogP contribution is 2.22. The topological polar surface area (TPSA) is 95.1 Å². The van der Waals surface area contributed by atoms with Crippen LogP contribution in [0.1, 0.15) is 49.2 Å². The summed E-state index contributed by atoms with van der Waals surface area (Å²) < 4.78 is 7.15. The van der Waals surface area contributed by atoms with Crippen molar-refractivity contribution in [3.05, 3.63) is 71.0 Å². The Morgan fingerprint density at radius 2 is 1.77 bits per heavy atom. The van der Waals surface area contributed by atoms with Crippen LogP contribution in [0.15, 0.2) is 53.7 Å². The van der Waals surface area contributed by atoms with Crippen molar-refractivity contribution in [3.8, 4) is 5.75 Å². The largest absolute Gasteiger partial charge is 0.486 e. The molecule has 31 heavy (non-hydrogen) atoms. The summed E-state index contributed by atoms with van der Waals surface area (Å²) in [5.74, 6) is 7.73. The first-order chi connectivity index (χ1) is 14.8. The molecule has 0 spiro atoms. The van der Waals surface area contributed by atoms with Gasteiger partial charge in [-0.1, -0.05) is 67.6 Å². The number of aromatic nitrogens is 3. The Morgan fingerprint density at radius 3 is 2.42 bits per heavy atom. The number of carbonyl (C=O) groups is 1. The molecule has 0 aliphatic heterocycles. The van der Waals surface area contributed by atoms with Gasteiger partial charge in [0.2, 0.25) is 11.1 Å². The summed E-state index contributed by atoms with van der Waals surface area (Å²) in [6.45, 7) is 8.82. The fraction of sp³-hybridized carbons (Fsp3) is 0.348. The second-order valence-corrected chi connectivity index (χ2v) is 9.05. The molecule has 0 saturated carbocycles. The van der Waals surface area contributed by atoms with Gasteiger partial charge in [0.15, 0.2) is 5.82 Å². The van der Waals surface area contributed by atoms with Gasteiger partial charge in [-0.2, -0.15) is 0 Å². The zero-order valence-electron chi connectivity index (χ0n) is 18.3. The van der Waals surface area contributed by atoms with Crippen molar-refractivity contribution >= 4 is 17.7 Å². The Balaban J connectivity index is 1.51. The average Bonchev–Trinajstić information content (AvgIpc) is 3.11. The third-order valence-electron chi connectivity index (χ3n) is 4.89. The van der Waals surface area contributed by atoms with E-state index in [9.17, 15) is 4.79 Å². The maximum atomic E-state index is 12.4. The quantitative estimate of drug-likeness (QED) is 0.389. The fourth-order valence-electron chi connectivity index (χ4n) is 2.83. The van der Waals surface area contributed by atoms with E-state index in [1.54, 1.807) is 0 Å². The number of hydrogen-bond acceptors (Lipinski definition) is 6. The van der Waals surface area contributed by atoms with E-state index in [2.05, 4.69) is 29.4 Å².